The van der Waals surface area contributed by atoms with Crippen molar-refractivity contribution < 1.29 is 34.4 Å². The van der Waals surface area contributed by atoms with E-state index in [1.165, 1.54) is 27.8 Å². The SMILES string of the molecule is CCC(CC)C(=O)/C=C(\O)C(CC)CC.C[Si](C)(C)c1ccc2nc(-c3[c-]ccc4oc(-c5ccccc5)nc34)cc(-c3ccccc3)c2c1.[Ir]. The van der Waals surface area contributed by atoms with Crippen molar-refractivity contribution in [1.82, 2.24) is 9.97 Å². The number of pyridine rings is 1. The predicted molar refractivity (Wildman–Crippen MR) is 211 cm³/mol. The Morgan fingerprint density at radius 3 is 2.00 bits per heavy atom. The molecule has 0 aliphatic heterocycles. The Kier molecular flexibility index (Phi) is 13.9. The van der Waals surface area contributed by atoms with Gasteiger partial charge in [-0.15, -0.1) is 12.1 Å². The molecule has 0 spiro atoms. The molecule has 1 N–H and O–H groups in total. The topological polar surface area (TPSA) is 76.2 Å². The first-order chi connectivity index (χ1) is 24.1. The molecule has 51 heavy (non-hydrogen) atoms. The number of hydrogen-bond donors (Lipinski definition) is 1. The summed E-state index contributed by atoms with van der Waals surface area (Å²) in [6.07, 6.45) is 4.91. The molecule has 2 heterocycles. The molecule has 6 aromatic rings. The van der Waals surface area contributed by atoms with Gasteiger partial charge in [-0.1, -0.05) is 131 Å². The fourth-order valence-electron chi connectivity index (χ4n) is 6.25. The van der Waals surface area contributed by atoms with Gasteiger partial charge < -0.3 is 9.52 Å². The summed E-state index contributed by atoms with van der Waals surface area (Å²) in [6.45, 7) is 15.2. The third-order valence-corrected chi connectivity index (χ3v) is 11.5. The number of oxazole rings is 1. The summed E-state index contributed by atoms with van der Waals surface area (Å²) in [7, 11) is -1.47. The Balaban J connectivity index is 0.000000312. The third-order valence-electron chi connectivity index (χ3n) is 9.47. The van der Waals surface area contributed by atoms with E-state index < -0.39 is 8.07 Å². The van der Waals surface area contributed by atoms with Crippen LogP contribution in [0.4, 0.5) is 0 Å². The second-order valence-corrected chi connectivity index (χ2v) is 18.9. The van der Waals surface area contributed by atoms with Crippen molar-refractivity contribution in [2.45, 2.75) is 73.0 Å². The van der Waals surface area contributed by atoms with E-state index in [9.17, 15) is 9.90 Å². The fourth-order valence-corrected chi connectivity index (χ4v) is 7.41. The normalized spacial score (nSPS) is 11.8. The van der Waals surface area contributed by atoms with E-state index in [0.29, 0.717) is 5.89 Å². The standard InChI is InChI=1S/C31H25N2OSi.C13H24O2.Ir/c1-35(2,3)23-17-18-27-26(19-23)25(21-11-6-4-7-12-21)20-28(32-27)24-15-10-16-29-30(24)33-31(34-29)22-13-8-5-9-14-22;1-5-10(6-2)12(14)9-13(15)11(7-3)8-4;/h4-14,16-20H,1-3H3;9-11,14H,5-8H2,1-4H3;/q-1;;/b;12-9-;. The molecular weight excluding hydrogens is 825 g/mol. The van der Waals surface area contributed by atoms with Gasteiger partial charge in [-0.05, 0) is 60.7 Å². The molecule has 4 aromatic carbocycles. The van der Waals surface area contributed by atoms with Gasteiger partial charge >= 0.3 is 0 Å². The number of aliphatic hydroxyl groups excluding tert-OH is 1. The van der Waals surface area contributed by atoms with Crippen molar-refractivity contribution in [3.63, 3.8) is 0 Å². The van der Waals surface area contributed by atoms with Crippen LogP contribution in [-0.4, -0.2) is 28.9 Å². The number of benzene rings is 4. The number of ketones is 1. The zero-order valence-electron chi connectivity index (χ0n) is 30.8. The summed E-state index contributed by atoms with van der Waals surface area (Å²) in [6, 6.07) is 36.6. The van der Waals surface area contributed by atoms with Gasteiger partial charge in [-0.25, -0.2) is 0 Å². The Morgan fingerprint density at radius 1 is 0.804 bits per heavy atom. The maximum atomic E-state index is 11.7. The average Bonchev–Trinajstić information content (AvgIpc) is 3.57. The van der Waals surface area contributed by atoms with Crippen LogP contribution in [0.2, 0.25) is 19.6 Å². The molecule has 0 aliphatic rings. The molecule has 2 aromatic heterocycles. The van der Waals surface area contributed by atoms with Crippen LogP contribution in [0.25, 0.3) is 55.8 Å². The van der Waals surface area contributed by atoms with Gasteiger partial charge in [-0.2, -0.15) is 0 Å². The number of rotatable bonds is 11. The Bertz CT molecular complexity index is 2080. The summed E-state index contributed by atoms with van der Waals surface area (Å²) < 4.78 is 6.12. The van der Waals surface area contributed by atoms with E-state index in [-0.39, 0.29) is 43.5 Å². The van der Waals surface area contributed by atoms with Gasteiger partial charge in [0, 0.05) is 54.5 Å². The molecule has 1 radical (unpaired) electrons. The summed E-state index contributed by atoms with van der Waals surface area (Å²) >= 11 is 0. The molecule has 0 saturated carbocycles. The Labute approximate surface area is 317 Å². The summed E-state index contributed by atoms with van der Waals surface area (Å²) in [5.41, 5.74) is 7.46. The largest absolute Gasteiger partial charge is 0.512 e. The van der Waals surface area contributed by atoms with Crippen molar-refractivity contribution in [3.8, 4) is 33.8 Å². The monoisotopic (exact) mass is 874 g/mol. The molecule has 0 bridgehead atoms. The molecule has 0 amide bonds. The fraction of sp³-hybridized carbons (Fsp3) is 0.295. The summed E-state index contributed by atoms with van der Waals surface area (Å²) in [4.78, 5) is 21.7. The first-order valence-electron chi connectivity index (χ1n) is 17.9. The molecule has 6 rings (SSSR count). The molecular formula is C44H49IrN2O3Si-. The van der Waals surface area contributed by atoms with Crippen LogP contribution >= 0.6 is 0 Å². The third kappa shape index (κ3) is 9.39. The van der Waals surface area contributed by atoms with Gasteiger partial charge in [0.1, 0.15) is 0 Å². The van der Waals surface area contributed by atoms with Crippen molar-refractivity contribution in [2.75, 3.05) is 0 Å². The van der Waals surface area contributed by atoms with Crippen LogP contribution in [-0.2, 0) is 24.9 Å². The maximum Gasteiger partial charge on any atom is 0.215 e. The minimum atomic E-state index is -1.47. The zero-order chi connectivity index (χ0) is 35.8. The van der Waals surface area contributed by atoms with Crippen molar-refractivity contribution in [3.05, 3.63) is 115 Å². The summed E-state index contributed by atoms with van der Waals surface area (Å²) in [5.74, 6) is 1.15. The molecule has 7 heteroatoms. The molecule has 0 unspecified atom stereocenters. The van der Waals surface area contributed by atoms with Gasteiger partial charge in [0.05, 0.1) is 24.9 Å². The van der Waals surface area contributed by atoms with E-state index in [4.69, 9.17) is 14.4 Å². The predicted octanol–water partition coefficient (Wildman–Crippen LogP) is 11.6. The Morgan fingerprint density at radius 2 is 1.41 bits per heavy atom. The number of aromatic nitrogens is 2. The van der Waals surface area contributed by atoms with Crippen molar-refractivity contribution in [1.29, 1.82) is 0 Å². The van der Waals surface area contributed by atoms with Crippen LogP contribution in [0.3, 0.4) is 0 Å². The van der Waals surface area contributed by atoms with Gasteiger partial charge in [0.2, 0.25) is 5.89 Å². The second kappa shape index (κ2) is 17.9. The van der Waals surface area contributed by atoms with Crippen LogP contribution in [0.15, 0.2) is 113 Å². The number of hydrogen-bond acceptors (Lipinski definition) is 5. The second-order valence-electron chi connectivity index (χ2n) is 13.9. The number of nitrogens with zero attached hydrogens (tertiary/aromatic N) is 2. The quantitative estimate of drug-likeness (QED) is 0.0607. The van der Waals surface area contributed by atoms with Gasteiger partial charge in [0.15, 0.2) is 5.78 Å². The smallest absolute Gasteiger partial charge is 0.215 e. The van der Waals surface area contributed by atoms with E-state index in [0.717, 1.165) is 59.1 Å². The Hall–Kier alpha value is -4.16. The first-order valence-corrected chi connectivity index (χ1v) is 21.4. The van der Waals surface area contributed by atoms with Crippen LogP contribution in [0, 0.1) is 17.9 Å². The van der Waals surface area contributed by atoms with Crippen molar-refractivity contribution >= 4 is 41.0 Å². The van der Waals surface area contributed by atoms with E-state index >= 15 is 0 Å². The molecule has 0 aliphatic carbocycles. The minimum Gasteiger partial charge on any atom is -0.512 e. The molecule has 0 atom stereocenters. The number of fused-ring (bicyclic) bond motifs is 2. The van der Waals surface area contributed by atoms with Crippen molar-refractivity contribution in [2.24, 2.45) is 11.8 Å². The molecule has 0 saturated heterocycles. The van der Waals surface area contributed by atoms with Gasteiger partial charge in [-0.3, -0.25) is 14.8 Å². The number of allylic oxidation sites excluding steroid dienone is 2. The van der Waals surface area contributed by atoms with E-state index in [2.05, 4.69) is 80.3 Å². The molecule has 267 valence electrons. The minimum absolute atomic E-state index is 0. The van der Waals surface area contributed by atoms with E-state index in [1.54, 1.807) is 0 Å². The average molecular weight is 874 g/mol. The summed E-state index contributed by atoms with van der Waals surface area (Å²) in [5, 5.41) is 12.4. The number of aliphatic hydroxyl groups is 1. The number of carbonyl (C=O) groups excluding carboxylic acids is 1. The maximum absolute atomic E-state index is 11.7. The number of carbonyl (C=O) groups is 1. The van der Waals surface area contributed by atoms with Gasteiger partial charge in [0.25, 0.3) is 0 Å². The van der Waals surface area contributed by atoms with Crippen LogP contribution in [0.1, 0.15) is 53.4 Å². The van der Waals surface area contributed by atoms with Crippen LogP contribution in [0.5, 0.6) is 0 Å². The molecule has 0 fully saturated rings. The first kappa shape index (κ1) is 39.6. The van der Waals surface area contributed by atoms with Crippen LogP contribution < -0.4 is 5.19 Å². The van der Waals surface area contributed by atoms with E-state index in [1.807, 2.05) is 70.2 Å². The molecule has 5 nitrogen and oxygen atoms in total. The zero-order valence-corrected chi connectivity index (χ0v) is 34.2.